The largest absolute Gasteiger partial charge is 0.490 e. The van der Waals surface area contributed by atoms with E-state index >= 15 is 0 Å². The van der Waals surface area contributed by atoms with Gasteiger partial charge < -0.3 is 14.8 Å². The standard InChI is InChI=1S/C14H17NO2/c1-2-3-7-15-11-12-5-6-13-14(10-12)17-9-4-8-16-13/h1,5-6,10,15H,3-4,7-9,11H2. The van der Waals surface area contributed by atoms with Crippen LogP contribution in [-0.2, 0) is 6.54 Å². The number of hydrogen-bond acceptors (Lipinski definition) is 3. The number of nitrogens with one attached hydrogen (secondary N) is 1. The van der Waals surface area contributed by atoms with Gasteiger partial charge in [0.05, 0.1) is 13.2 Å². The molecule has 1 aromatic carbocycles. The summed E-state index contributed by atoms with van der Waals surface area (Å²) in [5.41, 5.74) is 1.19. The Balaban J connectivity index is 1.95. The quantitative estimate of drug-likeness (QED) is 0.634. The lowest BCUT2D eigenvalue weighted by molar-refractivity contribution is 0.297. The molecule has 3 nitrogen and oxygen atoms in total. The number of fused-ring (bicyclic) bond motifs is 1. The van der Waals surface area contributed by atoms with E-state index in [1.807, 2.05) is 12.1 Å². The van der Waals surface area contributed by atoms with Crippen molar-refractivity contribution in [1.82, 2.24) is 5.32 Å². The van der Waals surface area contributed by atoms with Crippen LogP contribution < -0.4 is 14.8 Å². The Morgan fingerprint density at radius 1 is 1.24 bits per heavy atom. The van der Waals surface area contributed by atoms with Crippen molar-refractivity contribution in [3.63, 3.8) is 0 Å². The minimum Gasteiger partial charge on any atom is -0.490 e. The third-order valence-electron chi connectivity index (χ3n) is 2.59. The highest BCUT2D eigenvalue weighted by Gasteiger charge is 2.10. The van der Waals surface area contributed by atoms with Gasteiger partial charge in [-0.15, -0.1) is 12.3 Å². The van der Waals surface area contributed by atoms with E-state index in [0.717, 1.165) is 50.6 Å². The topological polar surface area (TPSA) is 30.5 Å². The zero-order chi connectivity index (χ0) is 11.9. The molecule has 0 aromatic heterocycles. The number of hydrogen-bond donors (Lipinski definition) is 1. The van der Waals surface area contributed by atoms with Gasteiger partial charge in [0.1, 0.15) is 0 Å². The Hall–Kier alpha value is -1.66. The average Bonchev–Trinajstić information content (AvgIpc) is 2.59. The number of benzene rings is 1. The van der Waals surface area contributed by atoms with E-state index in [0.29, 0.717) is 0 Å². The maximum Gasteiger partial charge on any atom is 0.161 e. The summed E-state index contributed by atoms with van der Waals surface area (Å²) in [7, 11) is 0. The molecule has 0 radical (unpaired) electrons. The van der Waals surface area contributed by atoms with Gasteiger partial charge >= 0.3 is 0 Å². The van der Waals surface area contributed by atoms with Crippen molar-refractivity contribution in [2.45, 2.75) is 19.4 Å². The van der Waals surface area contributed by atoms with E-state index in [4.69, 9.17) is 15.9 Å². The maximum atomic E-state index is 5.63. The first-order valence-electron chi connectivity index (χ1n) is 5.93. The zero-order valence-electron chi connectivity index (χ0n) is 9.87. The second kappa shape index (κ2) is 6.17. The molecule has 1 aromatic rings. The first-order chi connectivity index (χ1) is 8.40. The molecule has 1 aliphatic heterocycles. The average molecular weight is 231 g/mol. The molecule has 17 heavy (non-hydrogen) atoms. The SMILES string of the molecule is C#CCCNCc1ccc2c(c1)OCCCO2. The van der Waals surface area contributed by atoms with Gasteiger partial charge in [-0.25, -0.2) is 0 Å². The molecule has 0 saturated carbocycles. The normalized spacial score (nSPS) is 13.8. The monoisotopic (exact) mass is 231 g/mol. The van der Waals surface area contributed by atoms with Crippen LogP contribution in [0.25, 0.3) is 0 Å². The minimum absolute atomic E-state index is 0.723. The van der Waals surface area contributed by atoms with Gasteiger partial charge in [0.2, 0.25) is 0 Å². The smallest absolute Gasteiger partial charge is 0.161 e. The van der Waals surface area contributed by atoms with E-state index in [2.05, 4.69) is 17.3 Å². The lowest BCUT2D eigenvalue weighted by Crippen LogP contribution is -2.14. The van der Waals surface area contributed by atoms with Crippen molar-refractivity contribution in [3.05, 3.63) is 23.8 Å². The van der Waals surface area contributed by atoms with Crippen LogP contribution >= 0.6 is 0 Å². The van der Waals surface area contributed by atoms with E-state index in [1.54, 1.807) is 0 Å². The first-order valence-corrected chi connectivity index (χ1v) is 5.93. The minimum atomic E-state index is 0.723. The van der Waals surface area contributed by atoms with E-state index in [-0.39, 0.29) is 0 Å². The number of ether oxygens (including phenoxy) is 2. The van der Waals surface area contributed by atoms with Crippen molar-refractivity contribution in [2.75, 3.05) is 19.8 Å². The Labute approximate surface area is 102 Å². The van der Waals surface area contributed by atoms with Crippen LogP contribution in [0.15, 0.2) is 18.2 Å². The van der Waals surface area contributed by atoms with Gasteiger partial charge in [-0.05, 0) is 17.7 Å². The first kappa shape index (κ1) is 11.8. The van der Waals surface area contributed by atoms with Gasteiger partial charge in [0.25, 0.3) is 0 Å². The Kier molecular flexibility index (Phi) is 4.29. The molecule has 0 aliphatic carbocycles. The molecule has 0 spiro atoms. The third kappa shape index (κ3) is 3.40. The highest BCUT2D eigenvalue weighted by molar-refractivity contribution is 5.43. The molecular weight excluding hydrogens is 214 g/mol. The Morgan fingerprint density at radius 3 is 2.88 bits per heavy atom. The van der Waals surface area contributed by atoms with Crippen molar-refractivity contribution >= 4 is 0 Å². The molecule has 0 atom stereocenters. The number of rotatable bonds is 4. The van der Waals surface area contributed by atoms with Crippen LogP contribution in [0.2, 0.25) is 0 Å². The van der Waals surface area contributed by atoms with Crippen LogP contribution in [0.3, 0.4) is 0 Å². The number of terminal acetylenes is 1. The summed E-state index contributed by atoms with van der Waals surface area (Å²) in [6.45, 7) is 3.09. The van der Waals surface area contributed by atoms with E-state index in [1.165, 1.54) is 5.56 Å². The van der Waals surface area contributed by atoms with Gasteiger partial charge in [-0.2, -0.15) is 0 Å². The predicted molar refractivity (Wildman–Crippen MR) is 67.2 cm³/mol. The summed E-state index contributed by atoms with van der Waals surface area (Å²) < 4.78 is 11.2. The fraction of sp³-hybridized carbons (Fsp3) is 0.429. The van der Waals surface area contributed by atoms with Gasteiger partial charge in [0, 0.05) is 25.9 Å². The summed E-state index contributed by atoms with van der Waals surface area (Å²) in [5, 5.41) is 3.29. The van der Waals surface area contributed by atoms with Crippen molar-refractivity contribution in [3.8, 4) is 23.8 Å². The predicted octanol–water partition coefficient (Wildman–Crippen LogP) is 1.96. The molecule has 0 fully saturated rings. The van der Waals surface area contributed by atoms with Crippen LogP contribution in [-0.4, -0.2) is 19.8 Å². The van der Waals surface area contributed by atoms with Gasteiger partial charge in [0.15, 0.2) is 11.5 Å². The lowest BCUT2D eigenvalue weighted by Gasteiger charge is -2.09. The summed E-state index contributed by atoms with van der Waals surface area (Å²) >= 11 is 0. The van der Waals surface area contributed by atoms with Gasteiger partial charge in [-0.1, -0.05) is 6.07 Å². The Bertz CT molecular complexity index is 409. The van der Waals surface area contributed by atoms with Crippen LogP contribution in [0.1, 0.15) is 18.4 Å². The molecule has 1 N–H and O–H groups in total. The molecule has 0 bridgehead atoms. The molecular formula is C14H17NO2. The fourth-order valence-electron chi connectivity index (χ4n) is 1.71. The molecule has 1 aliphatic rings. The van der Waals surface area contributed by atoms with Crippen LogP contribution in [0, 0.1) is 12.3 Å². The third-order valence-corrected chi connectivity index (χ3v) is 2.59. The van der Waals surface area contributed by atoms with E-state index in [9.17, 15) is 0 Å². The molecule has 1 heterocycles. The van der Waals surface area contributed by atoms with Crippen molar-refractivity contribution < 1.29 is 9.47 Å². The summed E-state index contributed by atoms with van der Waals surface area (Å²) in [6, 6.07) is 6.05. The van der Waals surface area contributed by atoms with Gasteiger partial charge in [-0.3, -0.25) is 0 Å². The van der Waals surface area contributed by atoms with E-state index < -0.39 is 0 Å². The van der Waals surface area contributed by atoms with Crippen molar-refractivity contribution in [2.24, 2.45) is 0 Å². The highest BCUT2D eigenvalue weighted by Crippen LogP contribution is 2.30. The molecule has 0 amide bonds. The van der Waals surface area contributed by atoms with Crippen LogP contribution in [0.4, 0.5) is 0 Å². The molecule has 0 saturated heterocycles. The van der Waals surface area contributed by atoms with Crippen LogP contribution in [0.5, 0.6) is 11.5 Å². The molecule has 2 rings (SSSR count). The fourth-order valence-corrected chi connectivity index (χ4v) is 1.71. The second-order valence-electron chi connectivity index (χ2n) is 3.96. The summed E-state index contributed by atoms with van der Waals surface area (Å²) in [4.78, 5) is 0. The summed E-state index contributed by atoms with van der Waals surface area (Å²) in [5.74, 6) is 4.29. The molecule has 0 unspecified atom stereocenters. The van der Waals surface area contributed by atoms with Crippen molar-refractivity contribution in [1.29, 1.82) is 0 Å². The lowest BCUT2D eigenvalue weighted by atomic mass is 10.2. The molecule has 3 heteroatoms. The maximum absolute atomic E-state index is 5.63. The highest BCUT2D eigenvalue weighted by atomic mass is 16.5. The second-order valence-corrected chi connectivity index (χ2v) is 3.96. The Morgan fingerprint density at radius 2 is 2.06 bits per heavy atom. The molecule has 90 valence electrons. The zero-order valence-corrected chi connectivity index (χ0v) is 9.87. The summed E-state index contributed by atoms with van der Waals surface area (Å²) in [6.07, 6.45) is 6.88.